The number of benzene rings is 1. The third-order valence-corrected chi connectivity index (χ3v) is 7.16. The smallest absolute Gasteiger partial charge is 0.242 e. The molecule has 0 fully saturated rings. The molecule has 2 aromatic heterocycles. The van der Waals surface area contributed by atoms with Crippen LogP contribution in [0.25, 0.3) is 10.9 Å². The van der Waals surface area contributed by atoms with Crippen LogP contribution in [0.3, 0.4) is 0 Å². The highest BCUT2D eigenvalue weighted by molar-refractivity contribution is 5.90. The Bertz CT molecular complexity index is 1110. The van der Waals surface area contributed by atoms with Gasteiger partial charge in [-0.3, -0.25) is 14.6 Å². The first-order chi connectivity index (χ1) is 17.2. The summed E-state index contributed by atoms with van der Waals surface area (Å²) in [5.41, 5.74) is 3.51. The predicted octanol–water partition coefficient (Wildman–Crippen LogP) is 4.80. The van der Waals surface area contributed by atoms with Gasteiger partial charge in [0.15, 0.2) is 0 Å². The second-order valence-electron chi connectivity index (χ2n) is 9.69. The lowest BCUT2D eigenvalue weighted by molar-refractivity contribution is -0.131. The zero-order valence-corrected chi connectivity index (χ0v) is 20.8. The Morgan fingerprint density at radius 2 is 2.03 bits per heavy atom. The van der Waals surface area contributed by atoms with Crippen LogP contribution in [0.15, 0.2) is 55.0 Å². The van der Waals surface area contributed by atoms with Crippen LogP contribution in [0.2, 0.25) is 0 Å². The van der Waals surface area contributed by atoms with Crippen molar-refractivity contribution in [1.82, 2.24) is 20.2 Å². The van der Waals surface area contributed by atoms with E-state index < -0.39 is 6.04 Å². The molecule has 2 amide bonds. The molecule has 0 saturated heterocycles. The lowest BCUT2D eigenvalue weighted by Gasteiger charge is -2.22. The molecule has 186 valence electrons. The van der Waals surface area contributed by atoms with Gasteiger partial charge in [0.25, 0.3) is 0 Å². The summed E-state index contributed by atoms with van der Waals surface area (Å²) in [7, 11) is 0. The average Bonchev–Trinajstić information content (AvgIpc) is 3.23. The van der Waals surface area contributed by atoms with E-state index in [9.17, 15) is 9.59 Å². The first kappa shape index (κ1) is 25.0. The minimum Gasteiger partial charge on any atom is -0.354 e. The highest BCUT2D eigenvalue weighted by atomic mass is 16.2. The van der Waals surface area contributed by atoms with E-state index in [2.05, 4.69) is 50.6 Å². The third kappa shape index (κ3) is 6.71. The van der Waals surface area contributed by atoms with Crippen molar-refractivity contribution in [2.24, 2.45) is 5.92 Å². The molecular formula is C29H38N4O2. The molecule has 3 aromatic rings. The number of carbonyl (C=O) groups excluding carboxylic acids is 2. The summed E-state index contributed by atoms with van der Waals surface area (Å²) in [5, 5.41) is 7.37. The Balaban J connectivity index is 1.48. The van der Waals surface area contributed by atoms with Crippen LogP contribution in [-0.2, 0) is 29.0 Å². The van der Waals surface area contributed by atoms with Gasteiger partial charge in [-0.1, -0.05) is 44.0 Å². The zero-order chi connectivity index (χ0) is 24.5. The maximum Gasteiger partial charge on any atom is 0.242 e. The molecule has 6 nitrogen and oxygen atoms in total. The predicted molar refractivity (Wildman–Crippen MR) is 140 cm³/mol. The number of pyridine rings is 1. The van der Waals surface area contributed by atoms with Gasteiger partial charge in [-0.25, -0.2) is 0 Å². The Kier molecular flexibility index (Phi) is 8.93. The lowest BCUT2D eigenvalue weighted by Crippen LogP contribution is -2.49. The van der Waals surface area contributed by atoms with E-state index in [1.54, 1.807) is 6.20 Å². The number of hydrogen-bond acceptors (Lipinski definition) is 3. The molecule has 2 bridgehead atoms. The molecule has 1 aliphatic heterocycles. The largest absolute Gasteiger partial charge is 0.354 e. The van der Waals surface area contributed by atoms with Crippen LogP contribution in [0.4, 0.5) is 0 Å². The van der Waals surface area contributed by atoms with Crippen LogP contribution in [0.1, 0.15) is 63.0 Å². The van der Waals surface area contributed by atoms with Gasteiger partial charge in [0.1, 0.15) is 6.04 Å². The minimum absolute atomic E-state index is 0.0214. The summed E-state index contributed by atoms with van der Waals surface area (Å²) in [4.78, 5) is 30.6. The Hall–Kier alpha value is -3.15. The lowest BCUT2D eigenvalue weighted by atomic mass is 9.95. The normalized spacial score (nSPS) is 18.1. The van der Waals surface area contributed by atoms with Crippen molar-refractivity contribution in [2.75, 3.05) is 6.54 Å². The van der Waals surface area contributed by atoms with E-state index in [1.807, 2.05) is 25.3 Å². The van der Waals surface area contributed by atoms with Crippen LogP contribution in [-0.4, -0.2) is 34.0 Å². The summed E-state index contributed by atoms with van der Waals surface area (Å²) in [5.74, 6) is -0.211. The fourth-order valence-corrected chi connectivity index (χ4v) is 5.10. The standard InChI is InChI=1S/C29H38N4O2/c1-2-23(13-9-11-22-12-10-16-30-20-22)28(34)32-26-19-24-21-33(27-15-6-5-14-25(24)27)18-8-4-3-7-17-31-29(26)35/h5-6,10,12,14-16,20-21,23,26H,2-4,7-9,11,13,17-19H2,1H3,(H,31,35)(H,32,34)/t23-,26+/m1/s1. The molecule has 0 radical (unpaired) electrons. The van der Waals surface area contributed by atoms with Gasteiger partial charge in [-0.05, 0) is 61.8 Å². The van der Waals surface area contributed by atoms with Crippen LogP contribution in [0, 0.1) is 5.92 Å². The molecular weight excluding hydrogens is 436 g/mol. The molecule has 1 aromatic carbocycles. The molecule has 1 aliphatic rings. The van der Waals surface area contributed by atoms with Gasteiger partial charge in [0.2, 0.25) is 11.8 Å². The molecule has 0 spiro atoms. The summed E-state index contributed by atoms with van der Waals surface area (Å²) < 4.78 is 2.31. The number of hydrogen-bond donors (Lipinski definition) is 2. The van der Waals surface area contributed by atoms with E-state index in [0.29, 0.717) is 13.0 Å². The van der Waals surface area contributed by atoms with Gasteiger partial charge in [-0.2, -0.15) is 0 Å². The zero-order valence-electron chi connectivity index (χ0n) is 20.8. The fraction of sp³-hybridized carbons (Fsp3) is 0.483. The van der Waals surface area contributed by atoms with Crippen molar-refractivity contribution in [3.05, 3.63) is 66.1 Å². The minimum atomic E-state index is -0.574. The van der Waals surface area contributed by atoms with E-state index in [1.165, 1.54) is 16.5 Å². The summed E-state index contributed by atoms with van der Waals surface area (Å²) in [6.07, 6.45) is 14.1. The summed E-state index contributed by atoms with van der Waals surface area (Å²) >= 11 is 0. The molecule has 0 saturated carbocycles. The van der Waals surface area contributed by atoms with Crippen LogP contribution in [0.5, 0.6) is 0 Å². The number of rotatable bonds is 7. The average molecular weight is 475 g/mol. The number of carbonyl (C=O) groups is 2. The number of fused-ring (bicyclic) bond motifs is 5. The Morgan fingerprint density at radius 3 is 2.86 bits per heavy atom. The van der Waals surface area contributed by atoms with Gasteiger partial charge in [-0.15, -0.1) is 0 Å². The molecule has 3 heterocycles. The van der Waals surface area contributed by atoms with E-state index in [0.717, 1.165) is 63.5 Å². The molecule has 0 aliphatic carbocycles. The third-order valence-electron chi connectivity index (χ3n) is 7.16. The van der Waals surface area contributed by atoms with E-state index in [4.69, 9.17) is 0 Å². The maximum atomic E-state index is 13.3. The number of para-hydroxylation sites is 1. The second-order valence-corrected chi connectivity index (χ2v) is 9.69. The highest BCUT2D eigenvalue weighted by Crippen LogP contribution is 2.24. The molecule has 2 N–H and O–H groups in total. The van der Waals surface area contributed by atoms with Crippen LogP contribution >= 0.6 is 0 Å². The first-order valence-electron chi connectivity index (χ1n) is 13.2. The molecule has 2 atom stereocenters. The quantitative estimate of drug-likeness (QED) is 0.516. The highest BCUT2D eigenvalue weighted by Gasteiger charge is 2.26. The van der Waals surface area contributed by atoms with Crippen molar-refractivity contribution < 1.29 is 9.59 Å². The van der Waals surface area contributed by atoms with Crippen molar-refractivity contribution in [2.45, 2.75) is 77.3 Å². The van der Waals surface area contributed by atoms with Crippen molar-refractivity contribution in [3.63, 3.8) is 0 Å². The Labute approximate surface area is 208 Å². The van der Waals surface area contributed by atoms with Gasteiger partial charge in [0.05, 0.1) is 0 Å². The number of nitrogens with zero attached hydrogens (tertiary/aromatic N) is 2. The van der Waals surface area contributed by atoms with Crippen molar-refractivity contribution in [3.8, 4) is 0 Å². The molecule has 6 heteroatoms. The maximum absolute atomic E-state index is 13.3. The van der Waals surface area contributed by atoms with Gasteiger partial charge >= 0.3 is 0 Å². The van der Waals surface area contributed by atoms with Crippen LogP contribution < -0.4 is 10.6 Å². The number of nitrogens with one attached hydrogen (secondary N) is 2. The van der Waals surface area contributed by atoms with Gasteiger partial charge in [0, 0.05) is 54.9 Å². The van der Waals surface area contributed by atoms with Crippen molar-refractivity contribution in [1.29, 1.82) is 0 Å². The Morgan fingerprint density at radius 1 is 1.17 bits per heavy atom. The number of aromatic nitrogens is 2. The number of aryl methyl sites for hydroxylation is 2. The molecule has 35 heavy (non-hydrogen) atoms. The SMILES string of the molecule is CC[C@H](CCCc1cccnc1)C(=O)N[C@H]1Cc2cn(c3ccccc23)CCCCCCNC1=O. The summed E-state index contributed by atoms with van der Waals surface area (Å²) in [6, 6.07) is 11.8. The fourth-order valence-electron chi connectivity index (χ4n) is 5.10. The molecule has 4 rings (SSSR count). The number of amides is 2. The monoisotopic (exact) mass is 474 g/mol. The van der Waals surface area contributed by atoms with Gasteiger partial charge < -0.3 is 15.2 Å². The first-order valence-corrected chi connectivity index (χ1v) is 13.2. The van der Waals surface area contributed by atoms with E-state index in [-0.39, 0.29) is 17.7 Å². The van der Waals surface area contributed by atoms with Crippen molar-refractivity contribution >= 4 is 22.7 Å². The topological polar surface area (TPSA) is 76.0 Å². The second kappa shape index (κ2) is 12.5. The molecule has 0 unspecified atom stereocenters. The summed E-state index contributed by atoms with van der Waals surface area (Å²) in [6.45, 7) is 3.69. The van der Waals surface area contributed by atoms with E-state index >= 15 is 0 Å².